The summed E-state index contributed by atoms with van der Waals surface area (Å²) >= 11 is 2.19. The minimum atomic E-state index is 0.394. The SMILES string of the molecule is CC1CCC(c2ccc(I)c(O)c2C2=NCCN2)C1. The molecule has 2 aliphatic rings. The number of halogens is 1. The lowest BCUT2D eigenvalue weighted by Gasteiger charge is -2.18. The Morgan fingerprint density at radius 2 is 2.21 bits per heavy atom. The zero-order chi connectivity index (χ0) is 13.4. The van der Waals surface area contributed by atoms with Crippen molar-refractivity contribution in [2.45, 2.75) is 32.1 Å². The van der Waals surface area contributed by atoms with Gasteiger partial charge in [0.1, 0.15) is 11.6 Å². The van der Waals surface area contributed by atoms with Gasteiger partial charge >= 0.3 is 0 Å². The fraction of sp³-hybridized carbons (Fsp3) is 0.533. The highest BCUT2D eigenvalue weighted by atomic mass is 127. The molecule has 0 amide bonds. The first-order valence-electron chi connectivity index (χ1n) is 6.97. The molecule has 1 heterocycles. The molecule has 1 aliphatic heterocycles. The van der Waals surface area contributed by atoms with Gasteiger partial charge in [-0.2, -0.15) is 0 Å². The van der Waals surface area contributed by atoms with Gasteiger partial charge in [-0.25, -0.2) is 0 Å². The number of hydrogen-bond donors (Lipinski definition) is 2. The Morgan fingerprint density at radius 1 is 1.37 bits per heavy atom. The molecule has 1 aliphatic carbocycles. The molecule has 0 bridgehead atoms. The van der Waals surface area contributed by atoms with Crippen LogP contribution in [0.15, 0.2) is 17.1 Å². The Morgan fingerprint density at radius 3 is 2.84 bits per heavy atom. The monoisotopic (exact) mass is 370 g/mol. The summed E-state index contributed by atoms with van der Waals surface area (Å²) in [6, 6.07) is 4.20. The van der Waals surface area contributed by atoms with E-state index in [0.29, 0.717) is 11.7 Å². The van der Waals surface area contributed by atoms with Crippen molar-refractivity contribution < 1.29 is 5.11 Å². The van der Waals surface area contributed by atoms with Gasteiger partial charge in [-0.3, -0.25) is 4.99 Å². The first-order valence-corrected chi connectivity index (χ1v) is 8.04. The average Bonchev–Trinajstić information content (AvgIpc) is 3.03. The molecule has 2 N–H and O–H groups in total. The first-order chi connectivity index (χ1) is 9.16. The van der Waals surface area contributed by atoms with Crippen molar-refractivity contribution in [3.63, 3.8) is 0 Å². The lowest BCUT2D eigenvalue weighted by Crippen LogP contribution is -2.22. The van der Waals surface area contributed by atoms with Crippen LogP contribution in [0.4, 0.5) is 0 Å². The quantitative estimate of drug-likeness (QED) is 0.785. The summed E-state index contributed by atoms with van der Waals surface area (Å²) in [6.07, 6.45) is 3.73. The maximum atomic E-state index is 10.4. The van der Waals surface area contributed by atoms with Crippen molar-refractivity contribution in [1.82, 2.24) is 5.32 Å². The Hall–Kier alpha value is -0.780. The van der Waals surface area contributed by atoms with E-state index in [1.165, 1.54) is 24.8 Å². The Labute approximate surface area is 127 Å². The topological polar surface area (TPSA) is 44.6 Å². The van der Waals surface area contributed by atoms with Crippen molar-refractivity contribution in [3.05, 3.63) is 26.8 Å². The first kappa shape index (κ1) is 13.2. The summed E-state index contributed by atoms with van der Waals surface area (Å²) in [6.45, 7) is 4.00. The third-order valence-corrected chi connectivity index (χ3v) is 5.08. The number of nitrogens with zero attached hydrogens (tertiary/aromatic N) is 1. The number of rotatable bonds is 2. The van der Waals surface area contributed by atoms with Gasteiger partial charge in [-0.05, 0) is 58.9 Å². The number of nitrogens with one attached hydrogen (secondary N) is 1. The lowest BCUT2D eigenvalue weighted by atomic mass is 9.91. The van der Waals surface area contributed by atoms with Crippen LogP contribution in [-0.4, -0.2) is 24.0 Å². The molecule has 1 saturated carbocycles. The summed E-state index contributed by atoms with van der Waals surface area (Å²) in [5.74, 6) is 2.63. The maximum absolute atomic E-state index is 10.4. The van der Waals surface area contributed by atoms with Gasteiger partial charge in [0, 0.05) is 6.54 Å². The molecule has 2 atom stereocenters. The number of aromatic hydroxyl groups is 1. The molecule has 0 saturated heterocycles. The summed E-state index contributed by atoms with van der Waals surface area (Å²) in [4.78, 5) is 4.50. The predicted molar refractivity (Wildman–Crippen MR) is 86.0 cm³/mol. The van der Waals surface area contributed by atoms with E-state index in [-0.39, 0.29) is 0 Å². The van der Waals surface area contributed by atoms with Gasteiger partial charge in [0.05, 0.1) is 15.7 Å². The highest BCUT2D eigenvalue weighted by Crippen LogP contribution is 2.42. The molecule has 4 heteroatoms. The minimum Gasteiger partial charge on any atom is -0.506 e. The summed E-state index contributed by atoms with van der Waals surface area (Å²) in [5, 5.41) is 13.7. The number of benzene rings is 1. The zero-order valence-corrected chi connectivity index (χ0v) is 13.3. The van der Waals surface area contributed by atoms with E-state index in [0.717, 1.165) is 34.0 Å². The summed E-state index contributed by atoms with van der Waals surface area (Å²) in [7, 11) is 0. The van der Waals surface area contributed by atoms with Crippen molar-refractivity contribution in [2.75, 3.05) is 13.1 Å². The van der Waals surface area contributed by atoms with Crippen LogP contribution < -0.4 is 5.32 Å². The molecule has 1 fully saturated rings. The van der Waals surface area contributed by atoms with E-state index in [1.54, 1.807) is 0 Å². The van der Waals surface area contributed by atoms with Gasteiger partial charge < -0.3 is 10.4 Å². The van der Waals surface area contributed by atoms with Gasteiger partial charge in [0.2, 0.25) is 0 Å². The largest absolute Gasteiger partial charge is 0.506 e. The second-order valence-electron chi connectivity index (χ2n) is 5.63. The molecule has 2 unspecified atom stereocenters. The summed E-state index contributed by atoms with van der Waals surface area (Å²) < 4.78 is 0.902. The van der Waals surface area contributed by atoms with Crippen LogP contribution in [0.5, 0.6) is 5.75 Å². The standard InChI is InChI=1S/C15H19IN2O/c1-9-2-3-10(8-9)11-4-5-12(16)14(19)13(11)15-17-6-7-18-15/h4-5,9-10,19H,2-3,6-8H2,1H3,(H,17,18). The van der Waals surface area contributed by atoms with Crippen molar-refractivity contribution in [1.29, 1.82) is 0 Å². The molecule has 1 aromatic carbocycles. The molecule has 102 valence electrons. The van der Waals surface area contributed by atoms with Gasteiger partial charge in [0.25, 0.3) is 0 Å². The van der Waals surface area contributed by atoms with Gasteiger partial charge in [-0.1, -0.05) is 19.4 Å². The van der Waals surface area contributed by atoms with Crippen LogP contribution in [0.3, 0.4) is 0 Å². The molecule has 19 heavy (non-hydrogen) atoms. The third kappa shape index (κ3) is 2.47. The van der Waals surface area contributed by atoms with E-state index in [1.807, 2.05) is 6.07 Å². The molecule has 3 rings (SSSR count). The van der Waals surface area contributed by atoms with Crippen LogP contribution in [0.25, 0.3) is 0 Å². The Balaban J connectivity index is 2.06. The second-order valence-corrected chi connectivity index (χ2v) is 6.79. The van der Waals surface area contributed by atoms with Crippen LogP contribution in [-0.2, 0) is 0 Å². The van der Waals surface area contributed by atoms with Crippen LogP contribution in [0, 0.1) is 9.49 Å². The molecule has 0 spiro atoms. The van der Waals surface area contributed by atoms with Gasteiger partial charge in [0.15, 0.2) is 0 Å². The molecule has 0 radical (unpaired) electrons. The molecular formula is C15H19IN2O. The third-order valence-electron chi connectivity index (χ3n) is 4.21. The highest BCUT2D eigenvalue weighted by molar-refractivity contribution is 14.1. The highest BCUT2D eigenvalue weighted by Gasteiger charge is 2.28. The summed E-state index contributed by atoms with van der Waals surface area (Å²) in [5.41, 5.74) is 2.22. The fourth-order valence-corrected chi connectivity index (χ4v) is 3.67. The van der Waals surface area contributed by atoms with E-state index in [9.17, 15) is 5.11 Å². The number of hydrogen-bond acceptors (Lipinski definition) is 3. The van der Waals surface area contributed by atoms with Crippen molar-refractivity contribution in [3.8, 4) is 5.75 Å². The predicted octanol–water partition coefficient (Wildman–Crippen LogP) is 3.25. The number of phenols is 1. The normalized spacial score (nSPS) is 26.3. The number of aliphatic imine (C=N–C) groups is 1. The van der Waals surface area contributed by atoms with Gasteiger partial charge in [-0.15, -0.1) is 0 Å². The van der Waals surface area contributed by atoms with Crippen molar-refractivity contribution in [2.24, 2.45) is 10.9 Å². The second kappa shape index (κ2) is 5.31. The minimum absolute atomic E-state index is 0.394. The smallest absolute Gasteiger partial charge is 0.140 e. The lowest BCUT2D eigenvalue weighted by molar-refractivity contribution is 0.468. The van der Waals surface area contributed by atoms with E-state index < -0.39 is 0 Å². The van der Waals surface area contributed by atoms with E-state index >= 15 is 0 Å². The van der Waals surface area contributed by atoms with Crippen LogP contribution >= 0.6 is 22.6 Å². The zero-order valence-electron chi connectivity index (χ0n) is 11.1. The van der Waals surface area contributed by atoms with Crippen molar-refractivity contribution >= 4 is 28.4 Å². The molecule has 3 nitrogen and oxygen atoms in total. The van der Waals surface area contributed by atoms with E-state index in [2.05, 4.69) is 45.9 Å². The molecular weight excluding hydrogens is 351 g/mol. The average molecular weight is 370 g/mol. The Kier molecular flexibility index (Phi) is 3.69. The number of phenolic OH excluding ortho intramolecular Hbond substituents is 1. The van der Waals surface area contributed by atoms with E-state index in [4.69, 9.17) is 0 Å². The fourth-order valence-electron chi connectivity index (χ4n) is 3.23. The number of amidine groups is 1. The van der Waals surface area contributed by atoms with Crippen LogP contribution in [0.1, 0.15) is 43.2 Å². The Bertz CT molecular complexity index is 527. The maximum Gasteiger partial charge on any atom is 0.140 e. The molecule has 1 aromatic rings. The molecule has 0 aromatic heterocycles. The van der Waals surface area contributed by atoms with Crippen LogP contribution in [0.2, 0.25) is 0 Å².